The number of aryl methyl sites for hydroxylation is 1. The van der Waals surface area contributed by atoms with Crippen LogP contribution >= 0.6 is 0 Å². The highest BCUT2D eigenvalue weighted by molar-refractivity contribution is 5.78. The van der Waals surface area contributed by atoms with Crippen LogP contribution in [0.3, 0.4) is 0 Å². The first-order valence-corrected chi connectivity index (χ1v) is 8.90. The molecule has 0 bridgehead atoms. The summed E-state index contributed by atoms with van der Waals surface area (Å²) in [5.74, 6) is 1.06. The van der Waals surface area contributed by atoms with Crippen molar-refractivity contribution in [3.8, 4) is 5.75 Å². The molecule has 1 aliphatic rings. The fourth-order valence-electron chi connectivity index (χ4n) is 2.88. The van der Waals surface area contributed by atoms with E-state index in [0.29, 0.717) is 6.54 Å². The van der Waals surface area contributed by atoms with Gasteiger partial charge in [-0.2, -0.15) is 0 Å². The second kappa shape index (κ2) is 9.04. The minimum atomic E-state index is -0.525. The molecule has 1 aromatic carbocycles. The Kier molecular flexibility index (Phi) is 7.06. The lowest BCUT2D eigenvalue weighted by atomic mass is 10.1. The topological polar surface area (TPSA) is 53.0 Å². The fourth-order valence-corrected chi connectivity index (χ4v) is 2.88. The number of carbonyl (C=O) groups excluding carboxylic acids is 1. The van der Waals surface area contributed by atoms with Crippen LogP contribution in [0.4, 0.5) is 0 Å². The number of aliphatic hydroxyl groups excluding tert-OH is 1. The van der Waals surface area contributed by atoms with Gasteiger partial charge < -0.3 is 14.7 Å². The Hall–Kier alpha value is -1.59. The molecule has 1 atom stereocenters. The molecule has 5 nitrogen and oxygen atoms in total. The molecule has 1 aromatic rings. The van der Waals surface area contributed by atoms with Crippen LogP contribution in [0, 0.1) is 5.92 Å². The molecule has 1 N–H and O–H groups in total. The SMILES string of the molecule is CCc1ccc(OC[C@@H](O)CN2CCN(C(=O)C(C)C)CC2)cc1. The fraction of sp³-hybridized carbons (Fsp3) is 0.632. The van der Waals surface area contributed by atoms with Gasteiger partial charge in [-0.25, -0.2) is 0 Å². The summed E-state index contributed by atoms with van der Waals surface area (Å²) >= 11 is 0. The predicted octanol–water partition coefficient (Wildman–Crippen LogP) is 1.79. The zero-order chi connectivity index (χ0) is 17.5. The number of benzene rings is 1. The molecule has 1 saturated heterocycles. The molecule has 5 heteroatoms. The summed E-state index contributed by atoms with van der Waals surface area (Å²) in [6, 6.07) is 7.99. The van der Waals surface area contributed by atoms with Gasteiger partial charge in [-0.15, -0.1) is 0 Å². The van der Waals surface area contributed by atoms with Gasteiger partial charge in [-0.1, -0.05) is 32.9 Å². The Labute approximate surface area is 145 Å². The normalized spacial score (nSPS) is 17.1. The summed E-state index contributed by atoms with van der Waals surface area (Å²) in [5, 5.41) is 10.2. The van der Waals surface area contributed by atoms with E-state index in [1.165, 1.54) is 5.56 Å². The molecule has 134 valence electrons. The van der Waals surface area contributed by atoms with E-state index in [-0.39, 0.29) is 18.4 Å². The van der Waals surface area contributed by atoms with Crippen LogP contribution in [0.5, 0.6) is 5.75 Å². The van der Waals surface area contributed by atoms with Gasteiger partial charge in [0, 0.05) is 38.6 Å². The summed E-state index contributed by atoms with van der Waals surface area (Å²) in [4.78, 5) is 16.1. The summed E-state index contributed by atoms with van der Waals surface area (Å²) in [6.45, 7) is 9.95. The van der Waals surface area contributed by atoms with E-state index in [1.54, 1.807) is 0 Å². The zero-order valence-corrected chi connectivity index (χ0v) is 15.1. The summed E-state index contributed by atoms with van der Waals surface area (Å²) < 4.78 is 5.66. The van der Waals surface area contributed by atoms with E-state index in [0.717, 1.165) is 38.3 Å². The van der Waals surface area contributed by atoms with Crippen molar-refractivity contribution in [2.45, 2.75) is 33.3 Å². The Morgan fingerprint density at radius 2 is 1.79 bits per heavy atom. The first-order chi connectivity index (χ1) is 11.5. The van der Waals surface area contributed by atoms with Gasteiger partial charge in [-0.3, -0.25) is 9.69 Å². The zero-order valence-electron chi connectivity index (χ0n) is 15.1. The Morgan fingerprint density at radius 1 is 1.17 bits per heavy atom. The Balaban J connectivity index is 1.69. The third kappa shape index (κ3) is 5.49. The minimum absolute atomic E-state index is 0.0506. The highest BCUT2D eigenvalue weighted by atomic mass is 16.5. The maximum atomic E-state index is 12.0. The van der Waals surface area contributed by atoms with Crippen molar-refractivity contribution in [2.75, 3.05) is 39.3 Å². The number of nitrogens with zero attached hydrogens (tertiary/aromatic N) is 2. The molecule has 1 heterocycles. The lowest BCUT2D eigenvalue weighted by Gasteiger charge is -2.36. The van der Waals surface area contributed by atoms with Crippen molar-refractivity contribution in [2.24, 2.45) is 5.92 Å². The Bertz CT molecular complexity index is 508. The van der Waals surface area contributed by atoms with Crippen LogP contribution in [0.25, 0.3) is 0 Å². The minimum Gasteiger partial charge on any atom is -0.491 e. The van der Waals surface area contributed by atoms with Gasteiger partial charge in [0.1, 0.15) is 18.5 Å². The number of aliphatic hydroxyl groups is 1. The number of hydrogen-bond donors (Lipinski definition) is 1. The molecule has 0 spiro atoms. The number of carbonyl (C=O) groups is 1. The lowest BCUT2D eigenvalue weighted by molar-refractivity contribution is -0.136. The Morgan fingerprint density at radius 3 is 2.33 bits per heavy atom. The van der Waals surface area contributed by atoms with Crippen LogP contribution in [-0.2, 0) is 11.2 Å². The van der Waals surface area contributed by atoms with E-state index >= 15 is 0 Å². The number of rotatable bonds is 7. The first kappa shape index (κ1) is 18.7. The molecule has 24 heavy (non-hydrogen) atoms. The quantitative estimate of drug-likeness (QED) is 0.826. The average molecular weight is 334 g/mol. The van der Waals surface area contributed by atoms with Gasteiger partial charge in [0.25, 0.3) is 0 Å². The second-order valence-electron chi connectivity index (χ2n) is 6.74. The summed E-state index contributed by atoms with van der Waals surface area (Å²) in [5.41, 5.74) is 1.27. The molecule has 0 aliphatic carbocycles. The molecular formula is C19H30N2O3. The van der Waals surface area contributed by atoms with Gasteiger partial charge in [0.2, 0.25) is 5.91 Å². The van der Waals surface area contributed by atoms with Crippen LogP contribution in [0.2, 0.25) is 0 Å². The third-order valence-electron chi connectivity index (χ3n) is 4.42. The molecular weight excluding hydrogens is 304 g/mol. The highest BCUT2D eigenvalue weighted by Crippen LogP contribution is 2.13. The van der Waals surface area contributed by atoms with Crippen LogP contribution in [0.1, 0.15) is 26.3 Å². The van der Waals surface area contributed by atoms with E-state index in [1.807, 2.05) is 43.0 Å². The highest BCUT2D eigenvalue weighted by Gasteiger charge is 2.23. The molecule has 2 rings (SSSR count). The second-order valence-corrected chi connectivity index (χ2v) is 6.74. The maximum Gasteiger partial charge on any atom is 0.225 e. The van der Waals surface area contributed by atoms with Gasteiger partial charge >= 0.3 is 0 Å². The monoisotopic (exact) mass is 334 g/mol. The molecule has 1 fully saturated rings. The van der Waals surface area contributed by atoms with Crippen molar-refractivity contribution >= 4 is 5.91 Å². The molecule has 0 saturated carbocycles. The smallest absolute Gasteiger partial charge is 0.225 e. The predicted molar refractivity (Wildman–Crippen MR) is 95.2 cm³/mol. The van der Waals surface area contributed by atoms with E-state index in [2.05, 4.69) is 11.8 Å². The molecule has 0 radical (unpaired) electrons. The lowest BCUT2D eigenvalue weighted by Crippen LogP contribution is -2.51. The number of ether oxygens (including phenoxy) is 1. The van der Waals surface area contributed by atoms with Crippen LogP contribution in [0.15, 0.2) is 24.3 Å². The maximum absolute atomic E-state index is 12.0. The van der Waals surface area contributed by atoms with Crippen molar-refractivity contribution in [3.63, 3.8) is 0 Å². The summed E-state index contributed by atoms with van der Waals surface area (Å²) in [6.07, 6.45) is 0.483. The molecule has 0 aromatic heterocycles. The molecule has 1 aliphatic heterocycles. The van der Waals surface area contributed by atoms with Crippen LogP contribution < -0.4 is 4.74 Å². The van der Waals surface area contributed by atoms with Crippen molar-refractivity contribution < 1.29 is 14.6 Å². The third-order valence-corrected chi connectivity index (χ3v) is 4.42. The van der Waals surface area contributed by atoms with Gasteiger partial charge in [-0.05, 0) is 24.1 Å². The van der Waals surface area contributed by atoms with E-state index in [4.69, 9.17) is 4.74 Å². The number of amides is 1. The number of hydrogen-bond acceptors (Lipinski definition) is 4. The van der Waals surface area contributed by atoms with E-state index < -0.39 is 6.10 Å². The van der Waals surface area contributed by atoms with Crippen LogP contribution in [-0.4, -0.2) is 66.2 Å². The number of β-amino-alcohol motifs (C(OH)–C–C–N with tert-alkyl or cyclic N) is 1. The average Bonchev–Trinajstić information content (AvgIpc) is 2.60. The summed E-state index contributed by atoms with van der Waals surface area (Å²) in [7, 11) is 0. The number of piperazine rings is 1. The standard InChI is InChI=1S/C19H30N2O3/c1-4-16-5-7-18(8-6-16)24-14-17(22)13-20-9-11-21(12-10-20)19(23)15(2)3/h5-8,15,17,22H,4,9-14H2,1-3H3/t17-/m0/s1. The molecule has 1 amide bonds. The van der Waals surface area contributed by atoms with Gasteiger partial charge in [0.05, 0.1) is 0 Å². The van der Waals surface area contributed by atoms with Crippen molar-refractivity contribution in [1.29, 1.82) is 0 Å². The first-order valence-electron chi connectivity index (χ1n) is 8.90. The largest absolute Gasteiger partial charge is 0.491 e. The van der Waals surface area contributed by atoms with Crippen molar-refractivity contribution in [3.05, 3.63) is 29.8 Å². The molecule has 0 unspecified atom stereocenters. The van der Waals surface area contributed by atoms with Gasteiger partial charge in [0.15, 0.2) is 0 Å². The van der Waals surface area contributed by atoms with Crippen molar-refractivity contribution in [1.82, 2.24) is 9.80 Å². The van der Waals surface area contributed by atoms with E-state index in [9.17, 15) is 9.90 Å².